The summed E-state index contributed by atoms with van der Waals surface area (Å²) in [5, 5.41) is 0. The molecule has 6 nitrogen and oxygen atoms in total. The standard InChI is InChI=1S/C17H22BrN3O3/c1-11-6-12(8-19)9-21(11)16(22)4-5-20-14-3-2-13(18)7-15(14)24-10-17(20)23/h2-3,7,11-12H,4-6,8-10,19H2,1H3. The van der Waals surface area contributed by atoms with E-state index >= 15 is 0 Å². The smallest absolute Gasteiger partial charge is 0.265 e. The van der Waals surface area contributed by atoms with Crippen LogP contribution in [0.5, 0.6) is 5.75 Å². The summed E-state index contributed by atoms with van der Waals surface area (Å²) < 4.78 is 6.36. The van der Waals surface area contributed by atoms with E-state index in [-0.39, 0.29) is 24.5 Å². The van der Waals surface area contributed by atoms with Crippen LogP contribution in [-0.2, 0) is 9.59 Å². The SMILES string of the molecule is CC1CC(CN)CN1C(=O)CCN1C(=O)COc2cc(Br)ccc21. The number of nitrogens with two attached hydrogens (primary N) is 1. The lowest BCUT2D eigenvalue weighted by molar-refractivity contribution is -0.131. The minimum atomic E-state index is -0.119. The molecule has 130 valence electrons. The van der Waals surface area contributed by atoms with Crippen LogP contribution < -0.4 is 15.4 Å². The molecule has 0 radical (unpaired) electrons. The number of hydrogen-bond acceptors (Lipinski definition) is 4. The van der Waals surface area contributed by atoms with Crippen molar-refractivity contribution in [3.05, 3.63) is 22.7 Å². The quantitative estimate of drug-likeness (QED) is 0.842. The molecule has 2 aliphatic heterocycles. The molecule has 3 rings (SSSR count). The third-order valence-corrected chi connectivity index (χ3v) is 5.22. The molecule has 0 spiro atoms. The molecule has 1 aromatic carbocycles. The fourth-order valence-electron chi connectivity index (χ4n) is 3.44. The van der Waals surface area contributed by atoms with Crippen LogP contribution in [0.3, 0.4) is 0 Å². The van der Waals surface area contributed by atoms with Crippen LogP contribution >= 0.6 is 15.9 Å². The zero-order valence-electron chi connectivity index (χ0n) is 13.7. The topological polar surface area (TPSA) is 75.9 Å². The molecule has 2 atom stereocenters. The molecule has 0 aromatic heterocycles. The van der Waals surface area contributed by atoms with Gasteiger partial charge in [0.1, 0.15) is 5.75 Å². The van der Waals surface area contributed by atoms with Gasteiger partial charge in [-0.1, -0.05) is 15.9 Å². The molecule has 24 heavy (non-hydrogen) atoms. The Morgan fingerprint density at radius 3 is 2.96 bits per heavy atom. The van der Waals surface area contributed by atoms with E-state index in [1.165, 1.54) is 0 Å². The fourth-order valence-corrected chi connectivity index (χ4v) is 3.78. The summed E-state index contributed by atoms with van der Waals surface area (Å²) in [5.74, 6) is 1.00. The number of benzene rings is 1. The summed E-state index contributed by atoms with van der Waals surface area (Å²) >= 11 is 3.40. The van der Waals surface area contributed by atoms with Gasteiger partial charge in [0.2, 0.25) is 5.91 Å². The molecule has 1 fully saturated rings. The largest absolute Gasteiger partial charge is 0.482 e. The van der Waals surface area contributed by atoms with E-state index in [0.717, 1.165) is 23.1 Å². The van der Waals surface area contributed by atoms with Crippen molar-refractivity contribution in [2.45, 2.75) is 25.8 Å². The molecule has 0 saturated carbocycles. The lowest BCUT2D eigenvalue weighted by Crippen LogP contribution is -2.42. The number of halogens is 1. The van der Waals surface area contributed by atoms with Crippen LogP contribution in [0.25, 0.3) is 0 Å². The van der Waals surface area contributed by atoms with Crippen molar-refractivity contribution in [2.75, 3.05) is 31.1 Å². The zero-order chi connectivity index (χ0) is 17.3. The van der Waals surface area contributed by atoms with Crippen LogP contribution in [0.4, 0.5) is 5.69 Å². The molecule has 1 saturated heterocycles. The minimum absolute atomic E-state index is 0.00695. The summed E-state index contributed by atoms with van der Waals surface area (Å²) in [4.78, 5) is 28.3. The van der Waals surface area contributed by atoms with Crippen molar-refractivity contribution >= 4 is 33.4 Å². The molecule has 1 aromatic rings. The first kappa shape index (κ1) is 17.2. The van der Waals surface area contributed by atoms with Gasteiger partial charge in [-0.15, -0.1) is 0 Å². The Labute approximate surface area is 150 Å². The van der Waals surface area contributed by atoms with Crippen LogP contribution in [-0.4, -0.2) is 49.0 Å². The summed E-state index contributed by atoms with van der Waals surface area (Å²) in [6.07, 6.45) is 1.26. The molecule has 2 unspecified atom stereocenters. The van der Waals surface area contributed by atoms with E-state index in [1.807, 2.05) is 23.1 Å². The number of carbonyl (C=O) groups is 2. The normalized spacial score (nSPS) is 23.2. The Morgan fingerprint density at radius 2 is 2.25 bits per heavy atom. The Hall–Kier alpha value is -1.60. The van der Waals surface area contributed by atoms with Crippen LogP contribution in [0, 0.1) is 5.92 Å². The molecule has 2 heterocycles. The first-order valence-corrected chi connectivity index (χ1v) is 9.01. The van der Waals surface area contributed by atoms with Gasteiger partial charge in [0, 0.05) is 30.0 Å². The highest BCUT2D eigenvalue weighted by Gasteiger charge is 2.32. The number of anilines is 1. The number of amides is 2. The first-order valence-electron chi connectivity index (χ1n) is 8.22. The van der Waals surface area contributed by atoms with Gasteiger partial charge in [-0.25, -0.2) is 0 Å². The second kappa shape index (κ2) is 7.11. The number of fused-ring (bicyclic) bond motifs is 1. The van der Waals surface area contributed by atoms with Crippen molar-refractivity contribution in [2.24, 2.45) is 11.7 Å². The van der Waals surface area contributed by atoms with Crippen molar-refractivity contribution in [1.29, 1.82) is 0 Å². The molecule has 2 aliphatic rings. The van der Waals surface area contributed by atoms with E-state index in [1.54, 1.807) is 4.90 Å². The van der Waals surface area contributed by atoms with E-state index in [4.69, 9.17) is 10.5 Å². The molecule has 2 amide bonds. The van der Waals surface area contributed by atoms with Crippen molar-refractivity contribution in [1.82, 2.24) is 4.90 Å². The van der Waals surface area contributed by atoms with Gasteiger partial charge in [0.15, 0.2) is 6.61 Å². The highest BCUT2D eigenvalue weighted by Crippen LogP contribution is 2.34. The number of ether oxygens (including phenoxy) is 1. The van der Waals surface area contributed by atoms with Crippen molar-refractivity contribution in [3.8, 4) is 5.75 Å². The van der Waals surface area contributed by atoms with Gasteiger partial charge in [-0.2, -0.15) is 0 Å². The maximum absolute atomic E-state index is 12.5. The lowest BCUT2D eigenvalue weighted by atomic mass is 10.1. The molecular formula is C17H22BrN3O3. The van der Waals surface area contributed by atoms with Gasteiger partial charge < -0.3 is 20.3 Å². The summed E-state index contributed by atoms with van der Waals surface area (Å²) in [6.45, 7) is 3.76. The maximum Gasteiger partial charge on any atom is 0.265 e. The third-order valence-electron chi connectivity index (χ3n) is 4.73. The van der Waals surface area contributed by atoms with Gasteiger partial charge in [-0.3, -0.25) is 9.59 Å². The second-order valence-corrected chi connectivity index (χ2v) is 7.34. The van der Waals surface area contributed by atoms with Crippen LogP contribution in [0.1, 0.15) is 19.8 Å². The Bertz CT molecular complexity index is 652. The Morgan fingerprint density at radius 1 is 1.46 bits per heavy atom. The third kappa shape index (κ3) is 3.42. The average Bonchev–Trinajstić information content (AvgIpc) is 2.95. The number of nitrogens with zero attached hydrogens (tertiary/aromatic N) is 2. The summed E-state index contributed by atoms with van der Waals surface area (Å²) in [5.41, 5.74) is 6.44. The fraction of sp³-hybridized carbons (Fsp3) is 0.529. The van der Waals surface area contributed by atoms with E-state index < -0.39 is 0 Å². The van der Waals surface area contributed by atoms with E-state index in [0.29, 0.717) is 31.2 Å². The Kier molecular flexibility index (Phi) is 5.10. The van der Waals surface area contributed by atoms with Gasteiger partial charge in [-0.05, 0) is 44.0 Å². The predicted molar refractivity (Wildman–Crippen MR) is 94.9 cm³/mol. The molecule has 0 bridgehead atoms. The number of likely N-dealkylation sites (tertiary alicyclic amines) is 1. The monoisotopic (exact) mass is 395 g/mol. The van der Waals surface area contributed by atoms with E-state index in [2.05, 4.69) is 22.9 Å². The van der Waals surface area contributed by atoms with Gasteiger partial charge >= 0.3 is 0 Å². The van der Waals surface area contributed by atoms with Crippen molar-refractivity contribution in [3.63, 3.8) is 0 Å². The Balaban J connectivity index is 1.66. The summed E-state index contributed by atoms with van der Waals surface area (Å²) in [7, 11) is 0. The molecule has 7 heteroatoms. The number of rotatable bonds is 4. The number of hydrogen-bond donors (Lipinski definition) is 1. The molecule has 2 N–H and O–H groups in total. The van der Waals surface area contributed by atoms with Crippen molar-refractivity contribution < 1.29 is 14.3 Å². The van der Waals surface area contributed by atoms with Crippen LogP contribution in [0.2, 0.25) is 0 Å². The highest BCUT2D eigenvalue weighted by molar-refractivity contribution is 9.10. The predicted octanol–water partition coefficient (Wildman–Crippen LogP) is 1.76. The highest BCUT2D eigenvalue weighted by atomic mass is 79.9. The number of carbonyl (C=O) groups excluding carboxylic acids is 2. The van der Waals surface area contributed by atoms with Gasteiger partial charge in [0.05, 0.1) is 5.69 Å². The van der Waals surface area contributed by atoms with Crippen LogP contribution in [0.15, 0.2) is 22.7 Å². The first-order chi connectivity index (χ1) is 11.5. The minimum Gasteiger partial charge on any atom is -0.482 e. The zero-order valence-corrected chi connectivity index (χ0v) is 15.3. The average molecular weight is 396 g/mol. The molecule has 0 aliphatic carbocycles. The second-order valence-electron chi connectivity index (χ2n) is 6.43. The molecular weight excluding hydrogens is 374 g/mol. The lowest BCUT2D eigenvalue weighted by Gasteiger charge is -2.30. The maximum atomic E-state index is 12.5. The van der Waals surface area contributed by atoms with Gasteiger partial charge in [0.25, 0.3) is 5.91 Å². The van der Waals surface area contributed by atoms with E-state index in [9.17, 15) is 9.59 Å². The summed E-state index contributed by atoms with van der Waals surface area (Å²) in [6, 6.07) is 5.76.